The Morgan fingerprint density at radius 2 is 1.80 bits per heavy atom. The predicted octanol–water partition coefficient (Wildman–Crippen LogP) is 4.66. The molecule has 1 spiro atoms. The molecule has 2 fully saturated rings. The summed E-state index contributed by atoms with van der Waals surface area (Å²) in [6, 6.07) is 6.23. The summed E-state index contributed by atoms with van der Waals surface area (Å²) < 4.78 is 1.10. The molecule has 1 aromatic carbocycles. The molecule has 1 heterocycles. The Hall–Kier alpha value is -0.540. The number of aliphatic hydroxyl groups excluding tert-OH is 1. The zero-order valence-electron chi connectivity index (χ0n) is 12.2. The smallest absolute Gasteiger partial charge is 0.0782 e. The third kappa shape index (κ3) is 2.75. The molecule has 1 aliphatic carbocycles. The number of hydrogen-bond acceptors (Lipinski definition) is 2. The third-order valence-corrected chi connectivity index (χ3v) is 5.76. The lowest BCUT2D eigenvalue weighted by molar-refractivity contribution is 0.198. The van der Waals surface area contributed by atoms with Gasteiger partial charge in [0.15, 0.2) is 0 Å². The molecule has 20 heavy (non-hydrogen) atoms. The summed E-state index contributed by atoms with van der Waals surface area (Å²) in [5.41, 5.74) is 2.91. The van der Waals surface area contributed by atoms with E-state index in [1.54, 1.807) is 0 Å². The molecule has 1 atom stereocenters. The molecular weight excluding hydrogens is 314 g/mol. The molecule has 0 amide bonds. The van der Waals surface area contributed by atoms with Crippen LogP contribution in [-0.4, -0.2) is 18.2 Å². The van der Waals surface area contributed by atoms with Crippen molar-refractivity contribution in [3.05, 3.63) is 28.2 Å². The first-order valence-electron chi connectivity index (χ1n) is 7.82. The molecule has 1 aromatic rings. The Morgan fingerprint density at radius 3 is 2.40 bits per heavy atom. The highest BCUT2D eigenvalue weighted by Gasteiger charge is 2.37. The minimum Gasteiger partial charge on any atom is -0.389 e. The number of nitrogens with zero attached hydrogens (tertiary/aromatic N) is 1. The minimum absolute atomic E-state index is 0.402. The third-order valence-electron chi connectivity index (χ3n) is 5.27. The van der Waals surface area contributed by atoms with Crippen molar-refractivity contribution in [2.75, 3.05) is 18.0 Å². The summed E-state index contributed by atoms with van der Waals surface area (Å²) >= 11 is 3.56. The fourth-order valence-electron chi connectivity index (χ4n) is 3.99. The van der Waals surface area contributed by atoms with E-state index in [2.05, 4.69) is 26.9 Å². The van der Waals surface area contributed by atoms with Crippen LogP contribution in [0.25, 0.3) is 0 Å². The van der Waals surface area contributed by atoms with E-state index >= 15 is 0 Å². The first-order valence-corrected chi connectivity index (χ1v) is 8.61. The van der Waals surface area contributed by atoms with Gasteiger partial charge < -0.3 is 10.0 Å². The van der Waals surface area contributed by atoms with Gasteiger partial charge in [0.05, 0.1) is 6.10 Å². The van der Waals surface area contributed by atoms with Gasteiger partial charge >= 0.3 is 0 Å². The summed E-state index contributed by atoms with van der Waals surface area (Å²) in [4.78, 5) is 2.47. The molecule has 1 unspecified atom stereocenters. The van der Waals surface area contributed by atoms with Crippen LogP contribution in [0.2, 0.25) is 0 Å². The monoisotopic (exact) mass is 337 g/mol. The Balaban J connectivity index is 1.79. The van der Waals surface area contributed by atoms with Gasteiger partial charge in [0.25, 0.3) is 0 Å². The molecule has 1 saturated heterocycles. The van der Waals surface area contributed by atoms with Crippen molar-refractivity contribution >= 4 is 21.6 Å². The zero-order chi connectivity index (χ0) is 14.2. The van der Waals surface area contributed by atoms with Gasteiger partial charge in [0, 0.05) is 28.8 Å². The molecule has 110 valence electrons. The van der Waals surface area contributed by atoms with Gasteiger partial charge in [-0.2, -0.15) is 0 Å². The lowest BCUT2D eigenvalue weighted by Crippen LogP contribution is -2.39. The SMILES string of the molecule is CC(O)c1ccc(Br)cc1N1CCC2(CCCC2)CC1. The van der Waals surface area contributed by atoms with Crippen LogP contribution in [-0.2, 0) is 0 Å². The quantitative estimate of drug-likeness (QED) is 0.848. The molecule has 1 N–H and O–H groups in total. The van der Waals surface area contributed by atoms with Crippen molar-refractivity contribution in [3.63, 3.8) is 0 Å². The minimum atomic E-state index is -0.402. The number of aliphatic hydroxyl groups is 1. The maximum atomic E-state index is 9.99. The van der Waals surface area contributed by atoms with Crippen LogP contribution in [0.1, 0.15) is 57.1 Å². The van der Waals surface area contributed by atoms with Crippen molar-refractivity contribution in [1.82, 2.24) is 0 Å². The fourth-order valence-corrected chi connectivity index (χ4v) is 4.34. The van der Waals surface area contributed by atoms with Gasteiger partial charge in [0.2, 0.25) is 0 Å². The summed E-state index contributed by atoms with van der Waals surface area (Å²) in [6.45, 7) is 4.13. The molecule has 2 aliphatic rings. The van der Waals surface area contributed by atoms with Gasteiger partial charge in [0.1, 0.15) is 0 Å². The Kier molecular flexibility index (Phi) is 4.09. The summed E-state index contributed by atoms with van der Waals surface area (Å²) in [7, 11) is 0. The van der Waals surface area contributed by atoms with Crippen LogP contribution in [0.5, 0.6) is 0 Å². The van der Waals surface area contributed by atoms with Crippen molar-refractivity contribution in [1.29, 1.82) is 0 Å². The maximum Gasteiger partial charge on any atom is 0.0782 e. The first kappa shape index (κ1) is 14.4. The van der Waals surface area contributed by atoms with E-state index in [-0.39, 0.29) is 0 Å². The van der Waals surface area contributed by atoms with Crippen molar-refractivity contribution in [3.8, 4) is 0 Å². The number of halogens is 1. The highest BCUT2D eigenvalue weighted by Crippen LogP contribution is 2.47. The number of benzene rings is 1. The van der Waals surface area contributed by atoms with E-state index in [4.69, 9.17) is 0 Å². The van der Waals surface area contributed by atoms with Crippen molar-refractivity contribution < 1.29 is 5.11 Å². The normalized spacial score (nSPS) is 23.2. The summed E-state index contributed by atoms with van der Waals surface area (Å²) in [5.74, 6) is 0. The predicted molar refractivity (Wildman–Crippen MR) is 87.1 cm³/mol. The molecule has 0 aromatic heterocycles. The number of hydrogen-bond donors (Lipinski definition) is 1. The lowest BCUT2D eigenvalue weighted by atomic mass is 9.77. The zero-order valence-corrected chi connectivity index (χ0v) is 13.8. The molecule has 3 rings (SSSR count). The molecule has 0 bridgehead atoms. The highest BCUT2D eigenvalue weighted by atomic mass is 79.9. The Bertz CT molecular complexity index is 470. The second kappa shape index (κ2) is 5.69. The molecule has 1 aliphatic heterocycles. The van der Waals surface area contributed by atoms with E-state index < -0.39 is 6.10 Å². The first-order chi connectivity index (χ1) is 9.60. The Labute approximate surface area is 130 Å². The van der Waals surface area contributed by atoms with Gasteiger partial charge in [-0.15, -0.1) is 0 Å². The van der Waals surface area contributed by atoms with Crippen LogP contribution in [0.3, 0.4) is 0 Å². The Morgan fingerprint density at radius 1 is 1.15 bits per heavy atom. The molecule has 2 nitrogen and oxygen atoms in total. The maximum absolute atomic E-state index is 9.99. The molecule has 1 saturated carbocycles. The molecular formula is C17H24BrNO. The number of piperidine rings is 1. The van der Waals surface area contributed by atoms with Crippen LogP contribution in [0.15, 0.2) is 22.7 Å². The van der Waals surface area contributed by atoms with Gasteiger partial charge in [-0.05, 0) is 50.2 Å². The average molecular weight is 338 g/mol. The van der Waals surface area contributed by atoms with E-state index in [0.717, 1.165) is 23.1 Å². The summed E-state index contributed by atoms with van der Waals surface area (Å²) in [5, 5.41) is 9.99. The average Bonchev–Trinajstić information content (AvgIpc) is 2.87. The second-order valence-corrected chi connectivity index (χ2v) is 7.49. The van der Waals surface area contributed by atoms with Crippen LogP contribution >= 0.6 is 15.9 Å². The van der Waals surface area contributed by atoms with Crippen LogP contribution in [0, 0.1) is 5.41 Å². The largest absolute Gasteiger partial charge is 0.389 e. The molecule has 3 heteroatoms. The topological polar surface area (TPSA) is 23.5 Å². The van der Waals surface area contributed by atoms with Crippen LogP contribution < -0.4 is 4.90 Å². The van der Waals surface area contributed by atoms with E-state index in [1.165, 1.54) is 44.2 Å². The number of rotatable bonds is 2. The summed E-state index contributed by atoms with van der Waals surface area (Å²) in [6.07, 6.45) is 7.95. The fraction of sp³-hybridized carbons (Fsp3) is 0.647. The number of anilines is 1. The van der Waals surface area contributed by atoms with Crippen LogP contribution in [0.4, 0.5) is 5.69 Å². The highest BCUT2D eigenvalue weighted by molar-refractivity contribution is 9.10. The van der Waals surface area contributed by atoms with Crippen molar-refractivity contribution in [2.24, 2.45) is 5.41 Å². The standard InChI is InChI=1S/C17H24BrNO/c1-13(20)15-5-4-14(18)12-16(15)19-10-8-17(9-11-19)6-2-3-7-17/h4-5,12-13,20H,2-3,6-11H2,1H3. The lowest BCUT2D eigenvalue weighted by Gasteiger charge is -2.41. The van der Waals surface area contributed by atoms with E-state index in [1.807, 2.05) is 19.1 Å². The van der Waals surface area contributed by atoms with E-state index in [0.29, 0.717) is 5.41 Å². The van der Waals surface area contributed by atoms with Crippen molar-refractivity contribution in [2.45, 2.75) is 51.6 Å². The van der Waals surface area contributed by atoms with Gasteiger partial charge in [-0.3, -0.25) is 0 Å². The van der Waals surface area contributed by atoms with Gasteiger partial charge in [-0.25, -0.2) is 0 Å². The second-order valence-electron chi connectivity index (χ2n) is 6.57. The van der Waals surface area contributed by atoms with Gasteiger partial charge in [-0.1, -0.05) is 34.8 Å². The van der Waals surface area contributed by atoms with E-state index in [9.17, 15) is 5.11 Å². The molecule has 0 radical (unpaired) electrons.